The zero-order valence-electron chi connectivity index (χ0n) is 19.5. The molecule has 1 spiro atoms. The van der Waals surface area contributed by atoms with Crippen LogP contribution in [-0.2, 0) is 11.2 Å². The molecule has 1 aliphatic carbocycles. The van der Waals surface area contributed by atoms with E-state index in [0.29, 0.717) is 18.8 Å². The van der Waals surface area contributed by atoms with Crippen molar-refractivity contribution >= 4 is 5.91 Å². The second kappa shape index (κ2) is 9.58. The topological polar surface area (TPSA) is 83.5 Å². The molecule has 1 saturated carbocycles. The second-order valence-electron chi connectivity index (χ2n) is 10.3. The lowest BCUT2D eigenvalue weighted by Crippen LogP contribution is -2.51. The fourth-order valence-corrected chi connectivity index (χ4v) is 4.51. The first-order valence-electron chi connectivity index (χ1n) is 11.4. The Bertz CT molecular complexity index is 846. The van der Waals surface area contributed by atoms with E-state index in [1.54, 1.807) is 6.92 Å². The number of hydrogen-bond acceptors (Lipinski definition) is 5. The average molecular weight is 428 g/mol. The minimum Gasteiger partial charge on any atom is -0.471 e. The van der Waals surface area contributed by atoms with Crippen LogP contribution in [-0.4, -0.2) is 40.3 Å². The van der Waals surface area contributed by atoms with E-state index in [4.69, 9.17) is 4.74 Å². The number of carbonyl (C=O) groups excluding carboxylic acids is 1. The van der Waals surface area contributed by atoms with E-state index in [9.17, 15) is 9.90 Å². The van der Waals surface area contributed by atoms with Gasteiger partial charge in [0, 0.05) is 44.1 Å². The van der Waals surface area contributed by atoms with Crippen LogP contribution < -0.4 is 15.4 Å². The molecule has 170 valence electrons. The zero-order chi connectivity index (χ0) is 22.6. The van der Waals surface area contributed by atoms with Crippen molar-refractivity contribution in [3.8, 4) is 17.7 Å². The van der Waals surface area contributed by atoms with Crippen molar-refractivity contribution in [2.45, 2.75) is 96.9 Å². The van der Waals surface area contributed by atoms with Gasteiger partial charge in [0.05, 0.1) is 12.1 Å². The van der Waals surface area contributed by atoms with Gasteiger partial charge in [-0.15, -0.1) is 11.8 Å². The van der Waals surface area contributed by atoms with Gasteiger partial charge in [-0.3, -0.25) is 4.79 Å². The van der Waals surface area contributed by atoms with Gasteiger partial charge in [-0.1, -0.05) is 20.8 Å². The fourth-order valence-electron chi connectivity index (χ4n) is 4.51. The fraction of sp³-hybridized carbons (Fsp3) is 0.680. The van der Waals surface area contributed by atoms with E-state index in [0.717, 1.165) is 31.2 Å². The summed E-state index contributed by atoms with van der Waals surface area (Å²) in [5, 5.41) is 17.2. The molecule has 2 heterocycles. The molecule has 1 aliphatic heterocycles. The van der Waals surface area contributed by atoms with Gasteiger partial charge in [0.25, 0.3) is 0 Å². The Balaban J connectivity index is 1.76. The summed E-state index contributed by atoms with van der Waals surface area (Å²) >= 11 is 0. The summed E-state index contributed by atoms with van der Waals surface area (Å²) in [7, 11) is 0. The number of nitrogens with one attached hydrogen (secondary N) is 2. The molecule has 0 radical (unpaired) electrons. The van der Waals surface area contributed by atoms with Gasteiger partial charge in [-0.05, 0) is 49.7 Å². The number of amides is 1. The number of fused-ring (bicyclic) bond motifs is 1. The van der Waals surface area contributed by atoms with Gasteiger partial charge in [-0.25, -0.2) is 4.98 Å². The molecule has 2 aliphatic rings. The van der Waals surface area contributed by atoms with Crippen molar-refractivity contribution in [1.82, 2.24) is 15.6 Å². The third-order valence-electron chi connectivity index (χ3n) is 6.12. The van der Waals surface area contributed by atoms with Crippen molar-refractivity contribution < 1.29 is 14.6 Å². The maximum atomic E-state index is 11.6. The summed E-state index contributed by atoms with van der Waals surface area (Å²) in [5.74, 6) is 6.35. The molecule has 1 fully saturated rings. The first kappa shape index (κ1) is 23.6. The van der Waals surface area contributed by atoms with Gasteiger partial charge < -0.3 is 20.5 Å². The van der Waals surface area contributed by atoms with Crippen LogP contribution in [0.2, 0.25) is 0 Å². The molecule has 1 amide bonds. The lowest BCUT2D eigenvalue weighted by atomic mass is 9.73. The van der Waals surface area contributed by atoms with Gasteiger partial charge in [0.1, 0.15) is 5.60 Å². The quantitative estimate of drug-likeness (QED) is 0.582. The first-order valence-corrected chi connectivity index (χ1v) is 11.4. The number of nitrogens with zero attached hydrogens (tertiary/aromatic N) is 1. The summed E-state index contributed by atoms with van der Waals surface area (Å²) in [6, 6.07) is 1.86. The molecule has 6 nitrogen and oxygen atoms in total. The number of pyridine rings is 1. The molecule has 3 rings (SSSR count). The molecule has 0 aromatic carbocycles. The van der Waals surface area contributed by atoms with Crippen molar-refractivity contribution in [1.29, 1.82) is 0 Å². The molecule has 1 aromatic rings. The number of aliphatic hydroxyl groups is 1. The Kier molecular flexibility index (Phi) is 7.28. The van der Waals surface area contributed by atoms with Crippen LogP contribution in [0.15, 0.2) is 12.3 Å². The molecular weight excluding hydrogens is 390 g/mol. The predicted molar refractivity (Wildman–Crippen MR) is 122 cm³/mol. The van der Waals surface area contributed by atoms with E-state index >= 15 is 0 Å². The van der Waals surface area contributed by atoms with Crippen molar-refractivity contribution in [3.05, 3.63) is 23.4 Å². The van der Waals surface area contributed by atoms with E-state index in [1.807, 2.05) is 6.20 Å². The number of aromatic nitrogens is 1. The highest BCUT2D eigenvalue weighted by atomic mass is 16.5. The maximum absolute atomic E-state index is 11.6. The van der Waals surface area contributed by atoms with Crippen LogP contribution >= 0.6 is 0 Å². The van der Waals surface area contributed by atoms with Crippen molar-refractivity contribution in [2.75, 3.05) is 6.54 Å². The summed E-state index contributed by atoms with van der Waals surface area (Å²) in [6.45, 7) is 10.2. The number of carbonyl (C=O) groups is 1. The zero-order valence-corrected chi connectivity index (χ0v) is 19.5. The second-order valence-corrected chi connectivity index (χ2v) is 10.3. The Hall–Kier alpha value is -2.10. The molecular formula is C25H37N3O3. The van der Waals surface area contributed by atoms with E-state index in [1.165, 1.54) is 18.9 Å². The van der Waals surface area contributed by atoms with E-state index in [-0.39, 0.29) is 23.0 Å². The monoisotopic (exact) mass is 427 g/mol. The first-order chi connectivity index (χ1) is 14.6. The molecule has 31 heavy (non-hydrogen) atoms. The number of aliphatic hydroxyl groups excluding tert-OH is 1. The van der Waals surface area contributed by atoms with Crippen molar-refractivity contribution in [2.24, 2.45) is 5.41 Å². The molecule has 6 heteroatoms. The lowest BCUT2D eigenvalue weighted by Gasteiger charge is -2.47. The molecule has 3 N–H and O–H groups in total. The summed E-state index contributed by atoms with van der Waals surface area (Å²) in [4.78, 5) is 16.2. The molecule has 0 bridgehead atoms. The smallest absolute Gasteiger partial charge is 0.218 e. The predicted octanol–water partition coefficient (Wildman–Crippen LogP) is 3.29. The number of hydrogen-bond donors (Lipinski definition) is 3. The Morgan fingerprint density at radius 2 is 2.16 bits per heavy atom. The highest BCUT2D eigenvalue weighted by Crippen LogP contribution is 2.48. The van der Waals surface area contributed by atoms with Crippen molar-refractivity contribution in [3.63, 3.8) is 0 Å². The van der Waals surface area contributed by atoms with E-state index in [2.05, 4.69) is 54.3 Å². The Labute approximate surface area is 186 Å². The average Bonchev–Trinajstić information content (AvgIpc) is 2.66. The highest BCUT2D eigenvalue weighted by Gasteiger charge is 2.46. The minimum absolute atomic E-state index is 0.0568. The summed E-state index contributed by atoms with van der Waals surface area (Å²) < 4.78 is 6.34. The SMILES string of the molecule is CC#CC[C@H](NC(C)=O)[C@H](O)CN[C@H]1CC2(CCC2)Oc2ncc(CC(C)(C)C)cc21. The lowest BCUT2D eigenvalue weighted by molar-refractivity contribution is -0.120. The van der Waals surface area contributed by atoms with Gasteiger partial charge >= 0.3 is 0 Å². The standard InChI is InChI=1S/C25H37N3O3/c1-6-7-9-20(28-17(2)29)22(30)16-26-21-14-25(10-8-11-25)31-23-19(21)12-18(15-27-23)13-24(3,4)5/h12,15,20-22,26,30H,8-11,13-14,16H2,1-5H3,(H,28,29)/t20-,21-,22+/m0/s1. The molecule has 3 atom stereocenters. The molecule has 0 unspecified atom stereocenters. The van der Waals surface area contributed by atoms with Crippen LogP contribution in [0.3, 0.4) is 0 Å². The van der Waals surface area contributed by atoms with Gasteiger partial charge in [0.15, 0.2) is 0 Å². The normalized spacial score (nSPS) is 21.0. The minimum atomic E-state index is -0.737. The molecule has 0 saturated heterocycles. The Morgan fingerprint density at radius 3 is 2.74 bits per heavy atom. The summed E-state index contributed by atoms with van der Waals surface area (Å²) in [5.41, 5.74) is 2.29. The van der Waals surface area contributed by atoms with Crippen LogP contribution in [0.4, 0.5) is 0 Å². The molecule has 1 aromatic heterocycles. The number of rotatable bonds is 7. The van der Waals surface area contributed by atoms with Gasteiger partial charge in [-0.2, -0.15) is 0 Å². The third-order valence-corrected chi connectivity index (χ3v) is 6.12. The highest BCUT2D eigenvalue weighted by molar-refractivity contribution is 5.73. The Morgan fingerprint density at radius 1 is 1.42 bits per heavy atom. The largest absolute Gasteiger partial charge is 0.471 e. The van der Waals surface area contributed by atoms with Crippen LogP contribution in [0.25, 0.3) is 0 Å². The number of ether oxygens (including phenoxy) is 1. The van der Waals surface area contributed by atoms with Crippen LogP contribution in [0, 0.1) is 17.3 Å². The van der Waals surface area contributed by atoms with Crippen LogP contribution in [0.1, 0.15) is 83.9 Å². The maximum Gasteiger partial charge on any atom is 0.218 e. The van der Waals surface area contributed by atoms with E-state index < -0.39 is 12.1 Å². The summed E-state index contributed by atoms with van der Waals surface area (Å²) in [6.07, 6.45) is 6.68. The third kappa shape index (κ3) is 6.21. The van der Waals surface area contributed by atoms with Crippen LogP contribution in [0.5, 0.6) is 5.88 Å². The van der Waals surface area contributed by atoms with Gasteiger partial charge in [0.2, 0.25) is 11.8 Å².